The van der Waals surface area contributed by atoms with E-state index in [1.54, 1.807) is 12.1 Å². The number of aryl methyl sites for hydroxylation is 1. The number of carbonyl (C=O) groups is 2. The summed E-state index contributed by atoms with van der Waals surface area (Å²) < 4.78 is 6.81. The fourth-order valence-corrected chi connectivity index (χ4v) is 4.35. The number of rotatable bonds is 6. The predicted octanol–water partition coefficient (Wildman–Crippen LogP) is 5.16. The van der Waals surface area contributed by atoms with Crippen molar-refractivity contribution in [3.05, 3.63) is 92.6 Å². The lowest BCUT2D eigenvalue weighted by Gasteiger charge is -2.10. The first kappa shape index (κ1) is 22.9. The van der Waals surface area contributed by atoms with E-state index >= 15 is 0 Å². The van der Waals surface area contributed by atoms with E-state index in [1.807, 2.05) is 37.4 Å². The van der Waals surface area contributed by atoms with Crippen molar-refractivity contribution in [3.8, 4) is 16.9 Å². The molecule has 0 fully saturated rings. The van der Waals surface area contributed by atoms with Crippen molar-refractivity contribution >= 4 is 34.0 Å². The lowest BCUT2D eigenvalue weighted by Crippen LogP contribution is -2.11. The van der Waals surface area contributed by atoms with Crippen molar-refractivity contribution in [2.75, 3.05) is 12.4 Å². The minimum Gasteiger partial charge on any atom is -0.465 e. The molecule has 1 amide bonds. The molecule has 1 N–H and O–H groups in total. The van der Waals surface area contributed by atoms with Gasteiger partial charge in [0.25, 0.3) is 11.6 Å². The van der Waals surface area contributed by atoms with Crippen LogP contribution >= 0.6 is 11.3 Å². The predicted molar refractivity (Wildman–Crippen MR) is 129 cm³/mol. The summed E-state index contributed by atoms with van der Waals surface area (Å²) in [6, 6.07) is 14.5. The van der Waals surface area contributed by atoms with Gasteiger partial charge in [-0.2, -0.15) is 0 Å². The maximum Gasteiger partial charge on any atom is 0.337 e. The van der Waals surface area contributed by atoms with Crippen LogP contribution in [0.3, 0.4) is 0 Å². The van der Waals surface area contributed by atoms with Gasteiger partial charge in [-0.1, -0.05) is 0 Å². The van der Waals surface area contributed by atoms with E-state index in [1.165, 1.54) is 42.7 Å². The molecule has 0 aliphatic carbocycles. The average Bonchev–Trinajstić information content (AvgIpc) is 3.42. The van der Waals surface area contributed by atoms with Crippen LogP contribution in [0, 0.1) is 24.0 Å². The molecule has 9 nitrogen and oxygen atoms in total. The number of non-ortho nitro benzene ring substituents is 1. The number of hydrogen-bond acceptors (Lipinski definition) is 7. The van der Waals surface area contributed by atoms with Crippen LogP contribution in [0.25, 0.3) is 16.9 Å². The number of esters is 1. The molecule has 0 aliphatic heterocycles. The number of aromatic nitrogens is 2. The molecule has 2 aromatic heterocycles. The second-order valence-corrected chi connectivity index (χ2v) is 8.31. The van der Waals surface area contributed by atoms with Gasteiger partial charge in [-0.3, -0.25) is 20.2 Å². The van der Waals surface area contributed by atoms with E-state index in [0.29, 0.717) is 16.3 Å². The zero-order chi connectivity index (χ0) is 24.4. The molecule has 0 saturated heterocycles. The van der Waals surface area contributed by atoms with Crippen LogP contribution in [0.2, 0.25) is 0 Å². The monoisotopic (exact) mass is 476 g/mol. The normalized spacial score (nSPS) is 10.7. The Balaban J connectivity index is 1.55. The van der Waals surface area contributed by atoms with Crippen LogP contribution in [-0.4, -0.2) is 33.5 Å². The van der Waals surface area contributed by atoms with Crippen molar-refractivity contribution in [1.29, 1.82) is 0 Å². The van der Waals surface area contributed by atoms with E-state index in [2.05, 4.69) is 14.9 Å². The number of nitro groups is 1. The minimum atomic E-state index is -0.515. The average molecular weight is 477 g/mol. The number of nitrogens with one attached hydrogen (secondary N) is 1. The fraction of sp³-hybridized carbons (Fsp3) is 0.125. The van der Waals surface area contributed by atoms with E-state index in [4.69, 9.17) is 4.74 Å². The molecule has 2 aromatic carbocycles. The van der Waals surface area contributed by atoms with Gasteiger partial charge in [0, 0.05) is 45.7 Å². The standard InChI is InChI=1S/C24H20N4O5S/c1-14-12-20(15(2)27(14)18-8-6-17(7-9-18)23(30)33-3)21-13-34-24(25-21)26-22(29)16-4-10-19(11-5-16)28(31)32/h4-13H,1-3H3,(H,25,26,29). The number of hydrogen-bond donors (Lipinski definition) is 1. The first-order valence-corrected chi connectivity index (χ1v) is 11.1. The smallest absolute Gasteiger partial charge is 0.337 e. The fourth-order valence-electron chi connectivity index (χ4n) is 3.64. The van der Waals surface area contributed by atoms with Crippen molar-refractivity contribution in [2.45, 2.75) is 13.8 Å². The Labute approximate surface area is 198 Å². The number of benzene rings is 2. The Kier molecular flexibility index (Phi) is 6.24. The van der Waals surface area contributed by atoms with Crippen molar-refractivity contribution in [3.63, 3.8) is 0 Å². The zero-order valence-corrected chi connectivity index (χ0v) is 19.4. The Morgan fingerprint density at radius 3 is 2.32 bits per heavy atom. The van der Waals surface area contributed by atoms with Crippen LogP contribution in [0.15, 0.2) is 60.0 Å². The second-order valence-electron chi connectivity index (χ2n) is 7.45. The van der Waals surface area contributed by atoms with E-state index in [0.717, 1.165) is 28.3 Å². The van der Waals surface area contributed by atoms with Gasteiger partial charge in [-0.05, 0) is 56.3 Å². The number of nitrogens with zero attached hydrogens (tertiary/aromatic N) is 3. The van der Waals surface area contributed by atoms with Gasteiger partial charge in [0.2, 0.25) is 0 Å². The number of carbonyl (C=O) groups excluding carboxylic acids is 2. The molecule has 4 aromatic rings. The Morgan fingerprint density at radius 1 is 1.06 bits per heavy atom. The third kappa shape index (κ3) is 4.44. The maximum atomic E-state index is 12.5. The lowest BCUT2D eigenvalue weighted by atomic mass is 10.2. The van der Waals surface area contributed by atoms with Crippen molar-refractivity contribution in [1.82, 2.24) is 9.55 Å². The molecule has 4 rings (SSSR count). The number of methoxy groups -OCH3 is 1. The summed E-state index contributed by atoms with van der Waals surface area (Å²) in [4.78, 5) is 39.0. The number of ether oxygens (including phenoxy) is 1. The molecular formula is C24H20N4O5S. The van der Waals surface area contributed by atoms with Crippen LogP contribution in [0.1, 0.15) is 32.1 Å². The molecule has 0 spiro atoms. The topological polar surface area (TPSA) is 116 Å². The number of thiazole rings is 1. The van der Waals surface area contributed by atoms with Gasteiger partial charge in [-0.15, -0.1) is 11.3 Å². The summed E-state index contributed by atoms with van der Waals surface area (Å²) in [5.41, 5.74) is 5.18. The highest BCUT2D eigenvalue weighted by atomic mass is 32.1. The first-order valence-electron chi connectivity index (χ1n) is 10.2. The molecular weight excluding hydrogens is 456 g/mol. The van der Waals surface area contributed by atoms with Crippen LogP contribution < -0.4 is 5.32 Å². The van der Waals surface area contributed by atoms with Gasteiger partial charge in [0.15, 0.2) is 5.13 Å². The molecule has 34 heavy (non-hydrogen) atoms. The van der Waals surface area contributed by atoms with Crippen molar-refractivity contribution in [2.24, 2.45) is 0 Å². The molecule has 0 unspecified atom stereocenters. The van der Waals surface area contributed by atoms with Crippen LogP contribution in [0.5, 0.6) is 0 Å². The van der Waals surface area contributed by atoms with E-state index < -0.39 is 10.8 Å². The largest absolute Gasteiger partial charge is 0.465 e. The summed E-state index contributed by atoms with van der Waals surface area (Å²) in [6.45, 7) is 3.96. The molecule has 172 valence electrons. The molecule has 0 bridgehead atoms. The lowest BCUT2D eigenvalue weighted by molar-refractivity contribution is -0.384. The van der Waals surface area contributed by atoms with Gasteiger partial charge in [-0.25, -0.2) is 9.78 Å². The molecule has 0 radical (unpaired) electrons. The quantitative estimate of drug-likeness (QED) is 0.233. The Hall–Kier alpha value is -4.31. The Bertz CT molecular complexity index is 1390. The highest BCUT2D eigenvalue weighted by molar-refractivity contribution is 7.14. The molecule has 0 aliphatic rings. The van der Waals surface area contributed by atoms with E-state index in [-0.39, 0.29) is 11.7 Å². The zero-order valence-electron chi connectivity index (χ0n) is 18.6. The minimum absolute atomic E-state index is 0.0802. The highest BCUT2D eigenvalue weighted by Crippen LogP contribution is 2.32. The summed E-state index contributed by atoms with van der Waals surface area (Å²) in [5.74, 6) is -0.786. The Morgan fingerprint density at radius 2 is 1.71 bits per heavy atom. The van der Waals surface area contributed by atoms with Crippen molar-refractivity contribution < 1.29 is 19.2 Å². The number of nitro benzene ring substituents is 1. The first-order chi connectivity index (χ1) is 16.3. The molecule has 0 saturated carbocycles. The third-order valence-corrected chi connectivity index (χ3v) is 6.08. The maximum absolute atomic E-state index is 12.5. The number of anilines is 1. The van der Waals surface area contributed by atoms with Gasteiger partial charge in [0.05, 0.1) is 23.3 Å². The summed E-state index contributed by atoms with van der Waals surface area (Å²) in [6.07, 6.45) is 0. The molecule has 0 atom stereocenters. The molecule has 10 heteroatoms. The van der Waals surface area contributed by atoms with Crippen LogP contribution in [-0.2, 0) is 4.74 Å². The van der Waals surface area contributed by atoms with Gasteiger partial charge >= 0.3 is 5.97 Å². The number of amides is 1. The second kappa shape index (κ2) is 9.28. The SMILES string of the molecule is COC(=O)c1ccc(-n2c(C)cc(-c3csc(NC(=O)c4ccc([N+](=O)[O-])cc4)n3)c2C)cc1. The third-order valence-electron chi connectivity index (χ3n) is 5.32. The van der Waals surface area contributed by atoms with Gasteiger partial charge < -0.3 is 9.30 Å². The molecule has 2 heterocycles. The summed E-state index contributed by atoms with van der Waals surface area (Å²) >= 11 is 1.29. The highest BCUT2D eigenvalue weighted by Gasteiger charge is 2.17. The van der Waals surface area contributed by atoms with E-state index in [9.17, 15) is 19.7 Å². The summed E-state index contributed by atoms with van der Waals surface area (Å²) in [7, 11) is 1.35. The van der Waals surface area contributed by atoms with Crippen LogP contribution in [0.4, 0.5) is 10.8 Å². The summed E-state index contributed by atoms with van der Waals surface area (Å²) in [5, 5.41) is 15.8. The van der Waals surface area contributed by atoms with Gasteiger partial charge in [0.1, 0.15) is 0 Å².